The van der Waals surface area contributed by atoms with Crippen molar-refractivity contribution in [3.63, 3.8) is 0 Å². The normalized spacial score (nSPS) is 25.7. The van der Waals surface area contributed by atoms with Crippen molar-refractivity contribution >= 4 is 21.9 Å². The molecule has 3 atom stereocenters. The fourth-order valence-electron chi connectivity index (χ4n) is 2.22. The van der Waals surface area contributed by atoms with Crippen LogP contribution in [-0.2, 0) is 14.3 Å². The van der Waals surface area contributed by atoms with Crippen LogP contribution in [0, 0.1) is 23.4 Å². The van der Waals surface area contributed by atoms with Crippen LogP contribution in [0.25, 0.3) is 0 Å². The van der Waals surface area contributed by atoms with Gasteiger partial charge in [-0.25, -0.2) is 13.2 Å². The molecule has 0 spiro atoms. The third-order valence-electron chi connectivity index (χ3n) is 3.32. The summed E-state index contributed by atoms with van der Waals surface area (Å²) in [5.41, 5.74) is 0.207. The van der Waals surface area contributed by atoms with Crippen LogP contribution in [-0.4, -0.2) is 24.0 Å². The van der Waals surface area contributed by atoms with E-state index in [0.29, 0.717) is 6.42 Å². The summed E-state index contributed by atoms with van der Waals surface area (Å²) >= 11 is 3.37. The lowest BCUT2D eigenvalue weighted by molar-refractivity contribution is -0.154. The van der Waals surface area contributed by atoms with E-state index in [1.54, 1.807) is 6.92 Å². The molecule has 7 heteroatoms. The number of carbonyl (C=O) groups excluding carboxylic acids is 1. The van der Waals surface area contributed by atoms with E-state index in [0.717, 1.165) is 12.1 Å². The summed E-state index contributed by atoms with van der Waals surface area (Å²) in [6, 6.07) is 1.82. The molecule has 0 amide bonds. The zero-order valence-electron chi connectivity index (χ0n) is 11.2. The van der Waals surface area contributed by atoms with Crippen molar-refractivity contribution < 1.29 is 27.4 Å². The Morgan fingerprint density at radius 1 is 1.38 bits per heavy atom. The molecule has 3 unspecified atom stereocenters. The van der Waals surface area contributed by atoms with Gasteiger partial charge < -0.3 is 9.47 Å². The van der Waals surface area contributed by atoms with E-state index < -0.39 is 29.5 Å². The van der Waals surface area contributed by atoms with E-state index in [1.807, 2.05) is 0 Å². The molecule has 21 heavy (non-hydrogen) atoms. The number of ether oxygens (including phenoxy) is 2. The minimum atomic E-state index is -1.51. The topological polar surface area (TPSA) is 35.5 Å². The highest BCUT2D eigenvalue weighted by molar-refractivity contribution is 9.09. The lowest BCUT2D eigenvalue weighted by atomic mass is 9.94. The van der Waals surface area contributed by atoms with Crippen LogP contribution in [0.3, 0.4) is 0 Å². The monoisotopic (exact) mass is 366 g/mol. The third-order valence-corrected chi connectivity index (χ3v) is 4.33. The average Bonchev–Trinajstić information content (AvgIpc) is 2.44. The number of rotatable bonds is 3. The van der Waals surface area contributed by atoms with Gasteiger partial charge in [0.25, 0.3) is 0 Å². The largest absolute Gasteiger partial charge is 0.466 e. The summed E-state index contributed by atoms with van der Waals surface area (Å²) in [6.07, 6.45) is -0.279. The Kier molecular flexibility index (Phi) is 5.27. The zero-order chi connectivity index (χ0) is 15.6. The van der Waals surface area contributed by atoms with Gasteiger partial charge in [-0.1, -0.05) is 15.9 Å². The lowest BCUT2D eigenvalue weighted by Gasteiger charge is -2.32. The molecule has 1 aromatic carbocycles. The Balaban J connectivity index is 2.10. The van der Waals surface area contributed by atoms with Gasteiger partial charge in [0.15, 0.2) is 17.5 Å². The fourth-order valence-corrected chi connectivity index (χ4v) is 2.93. The van der Waals surface area contributed by atoms with Gasteiger partial charge in [-0.05, 0) is 31.0 Å². The summed E-state index contributed by atoms with van der Waals surface area (Å²) < 4.78 is 49.8. The molecule has 0 aliphatic carbocycles. The van der Waals surface area contributed by atoms with Crippen LogP contribution in [0.5, 0.6) is 0 Å². The first-order valence-electron chi connectivity index (χ1n) is 6.50. The lowest BCUT2D eigenvalue weighted by Crippen LogP contribution is -2.36. The number of hydrogen-bond acceptors (Lipinski definition) is 3. The Morgan fingerprint density at radius 2 is 2.00 bits per heavy atom. The second-order valence-corrected chi connectivity index (χ2v) is 5.91. The van der Waals surface area contributed by atoms with Crippen LogP contribution in [0.1, 0.15) is 25.0 Å². The van der Waals surface area contributed by atoms with Crippen LogP contribution in [0.15, 0.2) is 12.1 Å². The van der Waals surface area contributed by atoms with Crippen molar-refractivity contribution in [2.75, 3.05) is 13.2 Å². The van der Waals surface area contributed by atoms with Gasteiger partial charge in [-0.3, -0.25) is 4.79 Å². The molecule has 1 aliphatic heterocycles. The standard InChI is InChI=1S/C14H14BrF3O3/c1-2-20-14(19)8-6-21-12(5-9(8)15)7-3-10(16)13(18)11(17)4-7/h3-4,8-9,12H,2,5-6H2,1H3. The summed E-state index contributed by atoms with van der Waals surface area (Å²) in [6.45, 7) is 2.05. The molecular weight excluding hydrogens is 353 g/mol. The Labute approximate surface area is 128 Å². The quantitative estimate of drug-likeness (QED) is 0.466. The van der Waals surface area contributed by atoms with Crippen LogP contribution >= 0.6 is 15.9 Å². The number of hydrogen-bond donors (Lipinski definition) is 0. The maximum Gasteiger partial charge on any atom is 0.312 e. The van der Waals surface area contributed by atoms with Gasteiger partial charge in [0, 0.05) is 4.83 Å². The number of esters is 1. The predicted molar refractivity (Wildman–Crippen MR) is 72.5 cm³/mol. The maximum absolute atomic E-state index is 13.2. The Morgan fingerprint density at radius 3 is 2.52 bits per heavy atom. The molecular formula is C14H14BrF3O3. The van der Waals surface area contributed by atoms with Crippen molar-refractivity contribution in [3.05, 3.63) is 35.1 Å². The molecule has 0 bridgehead atoms. The van der Waals surface area contributed by atoms with Crippen molar-refractivity contribution in [1.29, 1.82) is 0 Å². The van der Waals surface area contributed by atoms with E-state index >= 15 is 0 Å². The molecule has 3 nitrogen and oxygen atoms in total. The Hall–Kier alpha value is -1.08. The molecule has 1 aromatic rings. The Bertz CT molecular complexity index is 515. The highest BCUT2D eigenvalue weighted by atomic mass is 79.9. The predicted octanol–water partition coefficient (Wildman–Crippen LogP) is 3.51. The third kappa shape index (κ3) is 3.58. The molecule has 0 N–H and O–H groups in total. The fraction of sp³-hybridized carbons (Fsp3) is 0.500. The van der Waals surface area contributed by atoms with E-state index in [-0.39, 0.29) is 29.6 Å². The molecule has 0 saturated carbocycles. The minimum absolute atomic E-state index is 0.0695. The highest BCUT2D eigenvalue weighted by Crippen LogP contribution is 2.36. The van der Waals surface area contributed by atoms with Crippen molar-refractivity contribution in [2.24, 2.45) is 5.92 Å². The molecule has 116 valence electrons. The van der Waals surface area contributed by atoms with Gasteiger partial charge in [0.2, 0.25) is 0 Å². The SMILES string of the molecule is CCOC(=O)C1COC(c2cc(F)c(F)c(F)c2)CC1Br. The molecule has 0 radical (unpaired) electrons. The summed E-state index contributed by atoms with van der Waals surface area (Å²) in [5, 5.41) is 0. The number of halogens is 4. The van der Waals surface area contributed by atoms with Gasteiger partial charge in [-0.15, -0.1) is 0 Å². The first-order valence-corrected chi connectivity index (χ1v) is 7.42. The number of benzene rings is 1. The molecule has 1 saturated heterocycles. The maximum atomic E-state index is 13.2. The first-order chi connectivity index (χ1) is 9.93. The second kappa shape index (κ2) is 6.79. The van der Waals surface area contributed by atoms with Gasteiger partial charge >= 0.3 is 5.97 Å². The molecule has 1 aliphatic rings. The van der Waals surface area contributed by atoms with Crippen molar-refractivity contribution in [3.8, 4) is 0 Å². The number of alkyl halides is 1. The molecule has 1 heterocycles. The van der Waals surface area contributed by atoms with E-state index in [2.05, 4.69) is 15.9 Å². The van der Waals surface area contributed by atoms with Gasteiger partial charge in [0.05, 0.1) is 25.2 Å². The molecule has 0 aromatic heterocycles. The van der Waals surface area contributed by atoms with Gasteiger partial charge in [0.1, 0.15) is 0 Å². The molecule has 2 rings (SSSR count). The average molecular weight is 367 g/mol. The smallest absolute Gasteiger partial charge is 0.312 e. The summed E-state index contributed by atoms with van der Waals surface area (Å²) in [7, 11) is 0. The zero-order valence-corrected chi connectivity index (χ0v) is 12.8. The second-order valence-electron chi connectivity index (χ2n) is 4.73. The molecule has 1 fully saturated rings. The van der Waals surface area contributed by atoms with Crippen molar-refractivity contribution in [2.45, 2.75) is 24.3 Å². The highest BCUT2D eigenvalue weighted by Gasteiger charge is 2.36. The number of carbonyl (C=O) groups is 1. The van der Waals surface area contributed by atoms with Gasteiger partial charge in [-0.2, -0.15) is 0 Å². The van der Waals surface area contributed by atoms with Crippen LogP contribution in [0.2, 0.25) is 0 Å². The van der Waals surface area contributed by atoms with Crippen LogP contribution < -0.4 is 0 Å². The van der Waals surface area contributed by atoms with E-state index in [1.165, 1.54) is 0 Å². The van der Waals surface area contributed by atoms with Crippen molar-refractivity contribution in [1.82, 2.24) is 0 Å². The minimum Gasteiger partial charge on any atom is -0.466 e. The van der Waals surface area contributed by atoms with E-state index in [9.17, 15) is 18.0 Å². The summed E-state index contributed by atoms with van der Waals surface area (Å²) in [4.78, 5) is 11.5. The van der Waals surface area contributed by atoms with E-state index in [4.69, 9.17) is 9.47 Å². The summed E-state index contributed by atoms with van der Waals surface area (Å²) in [5.74, 6) is -4.88. The van der Waals surface area contributed by atoms with Crippen LogP contribution in [0.4, 0.5) is 13.2 Å². The first kappa shape index (κ1) is 16.3.